The van der Waals surface area contributed by atoms with Gasteiger partial charge in [0.25, 0.3) is 0 Å². The van der Waals surface area contributed by atoms with Crippen LogP contribution in [0, 0.1) is 0 Å². The number of hydrogen-bond acceptors (Lipinski definition) is 2. The summed E-state index contributed by atoms with van der Waals surface area (Å²) < 4.78 is 0. The highest BCUT2D eigenvalue weighted by molar-refractivity contribution is 4.83. The summed E-state index contributed by atoms with van der Waals surface area (Å²) in [5.41, 5.74) is 0. The molecule has 0 heterocycles. The molecule has 112 valence electrons. The second-order valence-corrected chi connectivity index (χ2v) is 6.61. The molecule has 19 heavy (non-hydrogen) atoms. The average molecular weight is 267 g/mol. The molecular weight excluding hydrogens is 234 g/mol. The van der Waals surface area contributed by atoms with Gasteiger partial charge in [0, 0.05) is 18.7 Å². The van der Waals surface area contributed by atoms with Crippen LogP contribution in [0.4, 0.5) is 0 Å². The Morgan fingerprint density at radius 3 is 1.68 bits per heavy atom. The fraction of sp³-hybridized carbons (Fsp3) is 1.00. The van der Waals surface area contributed by atoms with Gasteiger partial charge in [0.15, 0.2) is 0 Å². The van der Waals surface area contributed by atoms with Crippen molar-refractivity contribution in [2.75, 3.05) is 13.2 Å². The van der Waals surface area contributed by atoms with Gasteiger partial charge in [0.05, 0.1) is 0 Å². The van der Waals surface area contributed by atoms with Crippen molar-refractivity contribution in [2.24, 2.45) is 0 Å². The van der Waals surface area contributed by atoms with Gasteiger partial charge in [-0.25, -0.2) is 0 Å². The number of nitrogens with zero attached hydrogens (tertiary/aromatic N) is 1. The van der Waals surface area contributed by atoms with Gasteiger partial charge in [0.2, 0.25) is 0 Å². The lowest BCUT2D eigenvalue weighted by atomic mass is 9.88. The predicted molar refractivity (Wildman–Crippen MR) is 81.4 cm³/mol. The minimum Gasteiger partial charge on any atom is -0.396 e. The Hall–Kier alpha value is -0.0800. The fourth-order valence-electron chi connectivity index (χ4n) is 4.07. The van der Waals surface area contributed by atoms with Gasteiger partial charge in [0.1, 0.15) is 0 Å². The molecule has 0 amide bonds. The number of rotatable bonds is 7. The van der Waals surface area contributed by atoms with E-state index in [4.69, 9.17) is 5.11 Å². The van der Waals surface area contributed by atoms with E-state index in [1.807, 2.05) is 0 Å². The highest BCUT2D eigenvalue weighted by Gasteiger charge is 2.28. The molecule has 0 saturated heterocycles. The Kier molecular flexibility index (Phi) is 7.23. The van der Waals surface area contributed by atoms with Crippen molar-refractivity contribution in [3.63, 3.8) is 0 Å². The monoisotopic (exact) mass is 267 g/mol. The van der Waals surface area contributed by atoms with E-state index >= 15 is 0 Å². The molecule has 0 aliphatic heterocycles. The molecule has 0 aromatic carbocycles. The van der Waals surface area contributed by atoms with E-state index in [2.05, 4.69) is 4.90 Å². The lowest BCUT2D eigenvalue weighted by molar-refractivity contribution is 0.0784. The van der Waals surface area contributed by atoms with Crippen LogP contribution in [0.1, 0.15) is 83.5 Å². The third kappa shape index (κ3) is 5.07. The molecule has 2 saturated carbocycles. The normalized spacial score (nSPS) is 23.1. The number of unbranched alkanes of at least 4 members (excludes halogenated alkanes) is 2. The molecule has 0 spiro atoms. The lowest BCUT2D eigenvalue weighted by Crippen LogP contribution is -2.45. The highest BCUT2D eigenvalue weighted by Crippen LogP contribution is 2.30. The van der Waals surface area contributed by atoms with E-state index in [0.29, 0.717) is 6.61 Å². The molecule has 0 aromatic heterocycles. The van der Waals surface area contributed by atoms with Crippen LogP contribution in [0.2, 0.25) is 0 Å². The van der Waals surface area contributed by atoms with Crippen LogP contribution < -0.4 is 0 Å². The highest BCUT2D eigenvalue weighted by atomic mass is 16.2. The predicted octanol–water partition coefficient (Wildman–Crippen LogP) is 4.12. The van der Waals surface area contributed by atoms with Crippen LogP contribution in [-0.4, -0.2) is 35.2 Å². The smallest absolute Gasteiger partial charge is 0.0431 e. The van der Waals surface area contributed by atoms with Crippen molar-refractivity contribution >= 4 is 0 Å². The van der Waals surface area contributed by atoms with E-state index in [0.717, 1.165) is 18.5 Å². The summed E-state index contributed by atoms with van der Waals surface area (Å²) in [6.45, 7) is 1.65. The van der Waals surface area contributed by atoms with Crippen LogP contribution >= 0.6 is 0 Å². The molecule has 0 atom stereocenters. The minimum absolute atomic E-state index is 0.368. The Balaban J connectivity index is 1.83. The third-order valence-corrected chi connectivity index (χ3v) is 5.16. The summed E-state index contributed by atoms with van der Waals surface area (Å²) in [6.07, 6.45) is 18.0. The molecule has 2 aliphatic carbocycles. The van der Waals surface area contributed by atoms with E-state index in [9.17, 15) is 0 Å². The maximum Gasteiger partial charge on any atom is 0.0431 e. The summed E-state index contributed by atoms with van der Waals surface area (Å²) in [4.78, 5) is 2.88. The molecule has 2 aliphatic rings. The maximum absolute atomic E-state index is 8.92. The molecule has 0 unspecified atom stereocenters. The van der Waals surface area contributed by atoms with Crippen LogP contribution in [0.25, 0.3) is 0 Å². The average Bonchev–Trinajstić information content (AvgIpc) is 2.49. The zero-order chi connectivity index (χ0) is 13.3. The molecule has 1 N–H and O–H groups in total. The first-order chi connectivity index (χ1) is 9.42. The first-order valence-electron chi connectivity index (χ1n) is 8.78. The van der Waals surface area contributed by atoms with Gasteiger partial charge in [-0.1, -0.05) is 38.5 Å². The van der Waals surface area contributed by atoms with Crippen molar-refractivity contribution in [3.05, 3.63) is 0 Å². The quantitative estimate of drug-likeness (QED) is 0.702. The van der Waals surface area contributed by atoms with Crippen LogP contribution in [0.3, 0.4) is 0 Å². The minimum atomic E-state index is 0.368. The maximum atomic E-state index is 8.92. The Bertz CT molecular complexity index is 201. The van der Waals surface area contributed by atoms with Gasteiger partial charge >= 0.3 is 0 Å². The second-order valence-electron chi connectivity index (χ2n) is 6.61. The summed E-state index contributed by atoms with van der Waals surface area (Å²) >= 11 is 0. The molecule has 0 aromatic rings. The number of aliphatic hydroxyl groups excluding tert-OH is 1. The molecular formula is C17H33NO. The van der Waals surface area contributed by atoms with Crippen molar-refractivity contribution in [1.29, 1.82) is 0 Å². The van der Waals surface area contributed by atoms with Gasteiger partial charge in [-0.3, -0.25) is 4.90 Å². The molecule has 0 bridgehead atoms. The van der Waals surface area contributed by atoms with Gasteiger partial charge < -0.3 is 5.11 Å². The Labute approximate surface area is 119 Å². The molecule has 0 radical (unpaired) electrons. The zero-order valence-electron chi connectivity index (χ0n) is 12.7. The van der Waals surface area contributed by atoms with E-state index in [1.165, 1.54) is 83.6 Å². The fourth-order valence-corrected chi connectivity index (χ4v) is 4.07. The van der Waals surface area contributed by atoms with E-state index < -0.39 is 0 Å². The van der Waals surface area contributed by atoms with Gasteiger partial charge in [-0.15, -0.1) is 0 Å². The topological polar surface area (TPSA) is 23.5 Å². The Morgan fingerprint density at radius 2 is 1.21 bits per heavy atom. The summed E-state index contributed by atoms with van der Waals surface area (Å²) in [6, 6.07) is 1.76. The van der Waals surface area contributed by atoms with Crippen LogP contribution in [0.5, 0.6) is 0 Å². The summed E-state index contributed by atoms with van der Waals surface area (Å²) in [7, 11) is 0. The molecule has 2 fully saturated rings. The van der Waals surface area contributed by atoms with Gasteiger partial charge in [-0.05, 0) is 51.5 Å². The Morgan fingerprint density at radius 1 is 0.684 bits per heavy atom. The number of hydrogen-bond donors (Lipinski definition) is 1. The lowest BCUT2D eigenvalue weighted by Gasteiger charge is -2.41. The summed E-state index contributed by atoms with van der Waals surface area (Å²) in [5, 5.41) is 8.92. The molecule has 2 nitrogen and oxygen atoms in total. The first-order valence-corrected chi connectivity index (χ1v) is 8.78. The van der Waals surface area contributed by atoms with Crippen molar-refractivity contribution in [3.8, 4) is 0 Å². The van der Waals surface area contributed by atoms with Crippen molar-refractivity contribution < 1.29 is 5.11 Å². The standard InChI is InChI=1S/C17H33NO/c19-15-9-3-8-14-18(16-10-4-1-5-11-16)17-12-6-2-7-13-17/h16-17,19H,1-15H2. The SMILES string of the molecule is OCCCCCN(C1CCCCC1)C1CCCCC1. The van der Waals surface area contributed by atoms with Crippen LogP contribution in [0.15, 0.2) is 0 Å². The van der Waals surface area contributed by atoms with Gasteiger partial charge in [-0.2, -0.15) is 0 Å². The zero-order valence-corrected chi connectivity index (χ0v) is 12.7. The summed E-state index contributed by atoms with van der Waals surface area (Å²) in [5.74, 6) is 0. The molecule has 2 rings (SSSR count). The van der Waals surface area contributed by atoms with E-state index in [1.54, 1.807) is 0 Å². The third-order valence-electron chi connectivity index (χ3n) is 5.16. The van der Waals surface area contributed by atoms with E-state index in [-0.39, 0.29) is 0 Å². The van der Waals surface area contributed by atoms with Crippen molar-refractivity contribution in [1.82, 2.24) is 4.90 Å². The molecule has 2 heteroatoms. The second kappa shape index (κ2) is 8.97. The first kappa shape index (κ1) is 15.3. The van der Waals surface area contributed by atoms with Crippen LogP contribution in [-0.2, 0) is 0 Å². The van der Waals surface area contributed by atoms with Crippen molar-refractivity contribution in [2.45, 2.75) is 95.6 Å². The largest absolute Gasteiger partial charge is 0.396 e. The number of aliphatic hydroxyl groups is 1.